The van der Waals surface area contributed by atoms with Gasteiger partial charge in [-0.15, -0.1) is 5.10 Å². The molecule has 0 radical (unpaired) electrons. The van der Waals surface area contributed by atoms with Crippen molar-refractivity contribution in [3.05, 3.63) is 60.4 Å². The van der Waals surface area contributed by atoms with Crippen LogP contribution in [0.5, 0.6) is 11.8 Å². The summed E-state index contributed by atoms with van der Waals surface area (Å²) in [6.07, 6.45) is 1.61. The molecule has 0 fully saturated rings. The Balaban J connectivity index is 1.86. The zero-order valence-corrected chi connectivity index (χ0v) is 11.0. The van der Waals surface area contributed by atoms with E-state index in [0.717, 1.165) is 11.3 Å². The molecule has 0 aliphatic heterocycles. The van der Waals surface area contributed by atoms with E-state index in [9.17, 15) is 0 Å². The van der Waals surface area contributed by atoms with Crippen LogP contribution in [0.25, 0.3) is 5.69 Å². The number of anilines is 1. The second kappa shape index (κ2) is 5.05. The number of aryl methyl sites for hydroxylation is 1. The highest BCUT2D eigenvalue weighted by molar-refractivity contribution is 5.54. The Morgan fingerprint density at radius 3 is 2.70 bits per heavy atom. The van der Waals surface area contributed by atoms with Crippen molar-refractivity contribution in [1.82, 2.24) is 14.8 Å². The fourth-order valence-corrected chi connectivity index (χ4v) is 1.83. The van der Waals surface area contributed by atoms with E-state index < -0.39 is 0 Å². The maximum atomic E-state index is 5.87. The van der Waals surface area contributed by atoms with E-state index in [4.69, 9.17) is 10.5 Å². The number of para-hydroxylation sites is 1. The Morgan fingerprint density at radius 1 is 1.10 bits per heavy atom. The molecular weight excluding hydrogens is 252 g/mol. The second-order valence-electron chi connectivity index (χ2n) is 4.45. The molecule has 0 amide bonds. The normalized spacial score (nSPS) is 10.4. The summed E-state index contributed by atoms with van der Waals surface area (Å²) in [6, 6.07) is 15.6. The Bertz CT molecular complexity index is 722. The summed E-state index contributed by atoms with van der Waals surface area (Å²) in [5, 5.41) is 4.27. The first-order valence-electron chi connectivity index (χ1n) is 6.23. The molecule has 0 unspecified atom stereocenters. The van der Waals surface area contributed by atoms with Crippen LogP contribution in [0.3, 0.4) is 0 Å². The van der Waals surface area contributed by atoms with Crippen LogP contribution < -0.4 is 10.5 Å². The zero-order valence-electron chi connectivity index (χ0n) is 11.0. The van der Waals surface area contributed by atoms with Gasteiger partial charge in [-0.3, -0.25) is 0 Å². The van der Waals surface area contributed by atoms with Crippen LogP contribution >= 0.6 is 0 Å². The number of hydrogen-bond acceptors (Lipinski definition) is 4. The Labute approximate surface area is 116 Å². The fourth-order valence-electron chi connectivity index (χ4n) is 1.83. The van der Waals surface area contributed by atoms with Gasteiger partial charge in [0.1, 0.15) is 6.33 Å². The van der Waals surface area contributed by atoms with Crippen molar-refractivity contribution in [3.63, 3.8) is 0 Å². The number of benzene rings is 2. The standard InChI is InChI=1S/C15H14N4O/c1-11-7-8-13(16)14(9-11)20-15-17-10-19(18-15)12-5-3-2-4-6-12/h2-10H,16H2,1H3. The molecule has 0 aliphatic rings. The minimum absolute atomic E-state index is 0.270. The van der Waals surface area contributed by atoms with E-state index in [2.05, 4.69) is 10.1 Å². The highest BCUT2D eigenvalue weighted by Crippen LogP contribution is 2.26. The van der Waals surface area contributed by atoms with Crippen molar-refractivity contribution >= 4 is 5.69 Å². The molecule has 2 N–H and O–H groups in total. The quantitative estimate of drug-likeness (QED) is 0.740. The average molecular weight is 266 g/mol. The summed E-state index contributed by atoms with van der Waals surface area (Å²) in [4.78, 5) is 4.13. The summed E-state index contributed by atoms with van der Waals surface area (Å²) in [6.45, 7) is 1.97. The van der Waals surface area contributed by atoms with Gasteiger partial charge in [0.2, 0.25) is 0 Å². The van der Waals surface area contributed by atoms with Crippen LogP contribution in [0.1, 0.15) is 5.56 Å². The Kier molecular flexibility index (Phi) is 3.09. The van der Waals surface area contributed by atoms with E-state index in [-0.39, 0.29) is 6.01 Å². The molecular formula is C15H14N4O. The molecule has 0 saturated carbocycles. The first kappa shape index (κ1) is 12.2. The van der Waals surface area contributed by atoms with E-state index in [0.29, 0.717) is 11.4 Å². The van der Waals surface area contributed by atoms with Gasteiger partial charge < -0.3 is 10.5 Å². The molecule has 0 aliphatic carbocycles. The molecule has 0 atom stereocenters. The summed E-state index contributed by atoms with van der Waals surface area (Å²) in [5.74, 6) is 0.566. The summed E-state index contributed by atoms with van der Waals surface area (Å²) in [5.41, 5.74) is 8.42. The average Bonchev–Trinajstić information content (AvgIpc) is 2.92. The van der Waals surface area contributed by atoms with Crippen molar-refractivity contribution in [2.75, 3.05) is 5.73 Å². The lowest BCUT2D eigenvalue weighted by Crippen LogP contribution is -1.96. The van der Waals surface area contributed by atoms with E-state index >= 15 is 0 Å². The molecule has 1 heterocycles. The molecule has 0 bridgehead atoms. The van der Waals surface area contributed by atoms with Crippen LogP contribution in [0.2, 0.25) is 0 Å². The number of ether oxygens (including phenoxy) is 1. The van der Waals surface area contributed by atoms with E-state index in [1.807, 2.05) is 49.4 Å². The van der Waals surface area contributed by atoms with Gasteiger partial charge in [0, 0.05) is 0 Å². The van der Waals surface area contributed by atoms with Crippen molar-refractivity contribution < 1.29 is 4.74 Å². The lowest BCUT2D eigenvalue weighted by molar-refractivity contribution is 0.443. The maximum absolute atomic E-state index is 5.87. The first-order valence-corrected chi connectivity index (χ1v) is 6.23. The highest BCUT2D eigenvalue weighted by atomic mass is 16.5. The highest BCUT2D eigenvalue weighted by Gasteiger charge is 2.07. The molecule has 0 saturated heterocycles. The number of rotatable bonds is 3. The van der Waals surface area contributed by atoms with E-state index in [1.54, 1.807) is 17.1 Å². The Morgan fingerprint density at radius 2 is 1.90 bits per heavy atom. The van der Waals surface area contributed by atoms with Gasteiger partial charge >= 0.3 is 6.01 Å². The number of hydrogen-bond donors (Lipinski definition) is 1. The monoisotopic (exact) mass is 266 g/mol. The van der Waals surface area contributed by atoms with Crippen LogP contribution in [0.4, 0.5) is 5.69 Å². The van der Waals surface area contributed by atoms with Crippen LogP contribution in [0.15, 0.2) is 54.9 Å². The molecule has 100 valence electrons. The van der Waals surface area contributed by atoms with Crippen molar-refractivity contribution in [3.8, 4) is 17.4 Å². The number of aromatic nitrogens is 3. The van der Waals surface area contributed by atoms with E-state index in [1.165, 1.54) is 0 Å². The number of nitrogens with two attached hydrogens (primary N) is 1. The predicted molar refractivity (Wildman–Crippen MR) is 77.0 cm³/mol. The number of nitrogens with zero attached hydrogens (tertiary/aromatic N) is 3. The first-order chi connectivity index (χ1) is 9.72. The van der Waals surface area contributed by atoms with Gasteiger partial charge in [-0.25, -0.2) is 4.68 Å². The van der Waals surface area contributed by atoms with Crippen LogP contribution in [0, 0.1) is 6.92 Å². The second-order valence-corrected chi connectivity index (χ2v) is 4.45. The van der Waals surface area contributed by atoms with Gasteiger partial charge in [0.15, 0.2) is 5.75 Å². The van der Waals surface area contributed by atoms with Crippen LogP contribution in [-0.4, -0.2) is 14.8 Å². The third-order valence-corrected chi connectivity index (χ3v) is 2.86. The molecule has 5 nitrogen and oxygen atoms in total. The molecule has 1 aromatic heterocycles. The number of nitrogen functional groups attached to an aromatic ring is 1. The predicted octanol–water partition coefficient (Wildman–Crippen LogP) is 2.95. The van der Waals surface area contributed by atoms with Crippen molar-refractivity contribution in [2.45, 2.75) is 6.92 Å². The van der Waals surface area contributed by atoms with Gasteiger partial charge in [-0.2, -0.15) is 4.98 Å². The smallest absolute Gasteiger partial charge is 0.341 e. The maximum Gasteiger partial charge on any atom is 0.341 e. The molecule has 5 heteroatoms. The third-order valence-electron chi connectivity index (χ3n) is 2.86. The molecule has 3 rings (SSSR count). The lowest BCUT2D eigenvalue weighted by atomic mass is 10.2. The van der Waals surface area contributed by atoms with Crippen molar-refractivity contribution in [2.24, 2.45) is 0 Å². The Hall–Kier alpha value is -2.82. The van der Waals surface area contributed by atoms with Gasteiger partial charge in [-0.05, 0) is 36.8 Å². The van der Waals surface area contributed by atoms with Crippen molar-refractivity contribution in [1.29, 1.82) is 0 Å². The lowest BCUT2D eigenvalue weighted by Gasteiger charge is -2.05. The van der Waals surface area contributed by atoms with Gasteiger partial charge in [0.05, 0.1) is 11.4 Å². The third kappa shape index (κ3) is 2.47. The summed E-state index contributed by atoms with van der Waals surface area (Å²) >= 11 is 0. The minimum Gasteiger partial charge on any atom is -0.421 e. The largest absolute Gasteiger partial charge is 0.421 e. The summed E-state index contributed by atoms with van der Waals surface area (Å²) in [7, 11) is 0. The SMILES string of the molecule is Cc1ccc(N)c(Oc2ncn(-c3ccccc3)n2)c1. The van der Waals surface area contributed by atoms with Crippen LogP contribution in [-0.2, 0) is 0 Å². The zero-order chi connectivity index (χ0) is 13.9. The molecule has 0 spiro atoms. The van der Waals surface area contributed by atoms with Gasteiger partial charge in [-0.1, -0.05) is 24.3 Å². The minimum atomic E-state index is 0.270. The molecule has 3 aromatic rings. The summed E-state index contributed by atoms with van der Waals surface area (Å²) < 4.78 is 7.28. The topological polar surface area (TPSA) is 66.0 Å². The molecule has 2 aromatic carbocycles. The van der Waals surface area contributed by atoms with Gasteiger partial charge in [0.25, 0.3) is 0 Å². The fraction of sp³-hybridized carbons (Fsp3) is 0.0667. The molecule has 20 heavy (non-hydrogen) atoms.